The van der Waals surface area contributed by atoms with Gasteiger partial charge in [0.25, 0.3) is 0 Å². The maximum absolute atomic E-state index is 11.1. The highest BCUT2D eigenvalue weighted by atomic mass is 16.5. The third-order valence-corrected chi connectivity index (χ3v) is 2.47. The molecule has 1 aliphatic heterocycles. The molecule has 0 N–H and O–H groups in total. The third kappa shape index (κ3) is 3.88. The van der Waals surface area contributed by atoms with Crippen LogP contribution in [-0.4, -0.2) is 25.8 Å². The first-order valence-corrected chi connectivity index (χ1v) is 5.31. The SMILES string of the molecule is C=CCC(C=CC(=O)OCC)C1COC1. The monoisotopic (exact) mass is 210 g/mol. The van der Waals surface area contributed by atoms with Crippen LogP contribution in [0.1, 0.15) is 13.3 Å². The lowest BCUT2D eigenvalue weighted by Gasteiger charge is -2.31. The van der Waals surface area contributed by atoms with E-state index >= 15 is 0 Å². The summed E-state index contributed by atoms with van der Waals surface area (Å²) >= 11 is 0. The minimum absolute atomic E-state index is 0.271. The van der Waals surface area contributed by atoms with E-state index in [0.29, 0.717) is 18.4 Å². The molecule has 1 saturated heterocycles. The van der Waals surface area contributed by atoms with Gasteiger partial charge in [0.05, 0.1) is 19.8 Å². The van der Waals surface area contributed by atoms with Crippen LogP contribution in [0.4, 0.5) is 0 Å². The second-order valence-electron chi connectivity index (χ2n) is 3.60. The highest BCUT2D eigenvalue weighted by molar-refractivity contribution is 5.81. The fourth-order valence-corrected chi connectivity index (χ4v) is 1.51. The second kappa shape index (κ2) is 6.40. The molecule has 0 spiro atoms. The molecule has 0 saturated carbocycles. The highest BCUT2D eigenvalue weighted by Crippen LogP contribution is 2.25. The van der Waals surface area contributed by atoms with E-state index in [-0.39, 0.29) is 5.97 Å². The molecule has 0 radical (unpaired) electrons. The molecule has 0 amide bonds. The van der Waals surface area contributed by atoms with E-state index in [4.69, 9.17) is 9.47 Å². The number of esters is 1. The number of rotatable bonds is 6. The van der Waals surface area contributed by atoms with Crippen LogP contribution in [0.2, 0.25) is 0 Å². The minimum Gasteiger partial charge on any atom is -0.463 e. The molecule has 15 heavy (non-hydrogen) atoms. The van der Waals surface area contributed by atoms with Crippen molar-refractivity contribution in [2.45, 2.75) is 13.3 Å². The Hall–Kier alpha value is -1.09. The van der Waals surface area contributed by atoms with E-state index in [1.54, 1.807) is 6.92 Å². The Morgan fingerprint density at radius 3 is 2.87 bits per heavy atom. The van der Waals surface area contributed by atoms with E-state index in [9.17, 15) is 4.79 Å². The molecular formula is C12H18O3. The summed E-state index contributed by atoms with van der Waals surface area (Å²) in [6.45, 7) is 7.50. The Morgan fingerprint density at radius 2 is 2.40 bits per heavy atom. The first kappa shape index (κ1) is 12.0. The number of hydrogen-bond donors (Lipinski definition) is 0. The molecule has 0 aromatic carbocycles. The van der Waals surface area contributed by atoms with Crippen LogP contribution in [0, 0.1) is 11.8 Å². The Balaban J connectivity index is 2.41. The van der Waals surface area contributed by atoms with Crippen molar-refractivity contribution in [3.8, 4) is 0 Å². The van der Waals surface area contributed by atoms with Crippen molar-refractivity contribution >= 4 is 5.97 Å². The van der Waals surface area contributed by atoms with E-state index in [1.165, 1.54) is 6.08 Å². The van der Waals surface area contributed by atoms with E-state index in [2.05, 4.69) is 6.58 Å². The summed E-state index contributed by atoms with van der Waals surface area (Å²) < 4.78 is 9.95. The van der Waals surface area contributed by atoms with Crippen molar-refractivity contribution in [2.24, 2.45) is 11.8 Å². The van der Waals surface area contributed by atoms with Gasteiger partial charge in [-0.05, 0) is 19.3 Å². The molecule has 0 bridgehead atoms. The summed E-state index contributed by atoms with van der Waals surface area (Å²) in [6, 6.07) is 0. The topological polar surface area (TPSA) is 35.5 Å². The summed E-state index contributed by atoms with van der Waals surface area (Å²) in [5, 5.41) is 0. The predicted molar refractivity (Wildman–Crippen MR) is 58.4 cm³/mol. The maximum atomic E-state index is 11.1. The van der Waals surface area contributed by atoms with Crippen LogP contribution < -0.4 is 0 Å². The lowest BCUT2D eigenvalue weighted by Crippen LogP contribution is -2.33. The van der Waals surface area contributed by atoms with Gasteiger partial charge >= 0.3 is 5.97 Å². The fourth-order valence-electron chi connectivity index (χ4n) is 1.51. The van der Waals surface area contributed by atoms with Gasteiger partial charge < -0.3 is 9.47 Å². The smallest absolute Gasteiger partial charge is 0.330 e. The normalized spacial score (nSPS) is 18.5. The third-order valence-electron chi connectivity index (χ3n) is 2.47. The standard InChI is InChI=1S/C12H18O3/c1-3-5-10(11-8-14-9-11)6-7-12(13)15-4-2/h3,6-7,10-11H,1,4-5,8-9H2,2H3. The van der Waals surface area contributed by atoms with Gasteiger partial charge in [0, 0.05) is 12.0 Å². The summed E-state index contributed by atoms with van der Waals surface area (Å²) in [7, 11) is 0. The number of ether oxygens (including phenoxy) is 2. The first-order valence-electron chi connectivity index (χ1n) is 5.31. The highest BCUT2D eigenvalue weighted by Gasteiger charge is 2.25. The van der Waals surface area contributed by atoms with Crippen LogP contribution in [-0.2, 0) is 14.3 Å². The maximum Gasteiger partial charge on any atom is 0.330 e. The lowest BCUT2D eigenvalue weighted by atomic mass is 9.88. The Morgan fingerprint density at radius 1 is 1.67 bits per heavy atom. The minimum atomic E-state index is -0.271. The Kier molecular flexibility index (Phi) is 5.12. The molecule has 3 heteroatoms. The number of hydrogen-bond acceptors (Lipinski definition) is 3. The van der Waals surface area contributed by atoms with Crippen molar-refractivity contribution in [1.82, 2.24) is 0 Å². The molecule has 1 heterocycles. The zero-order valence-electron chi connectivity index (χ0n) is 9.15. The van der Waals surface area contributed by atoms with E-state index < -0.39 is 0 Å². The average Bonchev–Trinajstić information content (AvgIpc) is 2.12. The molecule has 1 atom stereocenters. The zero-order valence-corrected chi connectivity index (χ0v) is 9.15. The van der Waals surface area contributed by atoms with Crippen LogP contribution in [0.25, 0.3) is 0 Å². The van der Waals surface area contributed by atoms with Gasteiger partial charge in [0.1, 0.15) is 0 Å². The molecule has 1 rings (SSSR count). The molecule has 1 unspecified atom stereocenters. The molecule has 1 aliphatic rings. The van der Waals surface area contributed by atoms with Gasteiger partial charge in [-0.25, -0.2) is 4.79 Å². The Bertz CT molecular complexity index is 241. The molecule has 0 aromatic rings. The summed E-state index contributed by atoms with van der Waals surface area (Å²) in [5.74, 6) is 0.598. The lowest BCUT2D eigenvalue weighted by molar-refractivity contribution is -0.137. The molecule has 1 fully saturated rings. The van der Waals surface area contributed by atoms with E-state index in [1.807, 2.05) is 12.2 Å². The summed E-state index contributed by atoms with van der Waals surface area (Å²) in [4.78, 5) is 11.1. The number of allylic oxidation sites excluding steroid dienone is 2. The van der Waals surface area contributed by atoms with Crippen molar-refractivity contribution in [3.63, 3.8) is 0 Å². The average molecular weight is 210 g/mol. The Labute approximate surface area is 90.8 Å². The van der Waals surface area contributed by atoms with Crippen molar-refractivity contribution in [1.29, 1.82) is 0 Å². The van der Waals surface area contributed by atoms with Gasteiger partial charge in [-0.2, -0.15) is 0 Å². The molecule has 0 aromatic heterocycles. The van der Waals surface area contributed by atoms with Crippen LogP contribution in [0.15, 0.2) is 24.8 Å². The van der Waals surface area contributed by atoms with E-state index in [0.717, 1.165) is 19.6 Å². The fraction of sp³-hybridized carbons (Fsp3) is 0.583. The predicted octanol–water partition coefficient (Wildman–Crippen LogP) is 1.94. The number of carbonyl (C=O) groups excluding carboxylic acids is 1. The van der Waals surface area contributed by atoms with Crippen molar-refractivity contribution in [2.75, 3.05) is 19.8 Å². The summed E-state index contributed by atoms with van der Waals surface area (Å²) in [5.41, 5.74) is 0. The zero-order chi connectivity index (χ0) is 11.1. The van der Waals surface area contributed by atoms with Crippen LogP contribution in [0.5, 0.6) is 0 Å². The van der Waals surface area contributed by atoms with Gasteiger partial charge in [0.15, 0.2) is 0 Å². The van der Waals surface area contributed by atoms with Gasteiger partial charge in [-0.1, -0.05) is 12.2 Å². The van der Waals surface area contributed by atoms with Gasteiger partial charge in [-0.3, -0.25) is 0 Å². The quantitative estimate of drug-likeness (QED) is 0.382. The van der Waals surface area contributed by atoms with Gasteiger partial charge in [0.2, 0.25) is 0 Å². The molecule has 3 nitrogen and oxygen atoms in total. The summed E-state index contributed by atoms with van der Waals surface area (Å²) in [6.07, 6.45) is 6.17. The molecule has 84 valence electrons. The number of carbonyl (C=O) groups is 1. The van der Waals surface area contributed by atoms with Crippen molar-refractivity contribution in [3.05, 3.63) is 24.8 Å². The van der Waals surface area contributed by atoms with Crippen LogP contribution >= 0.6 is 0 Å². The largest absolute Gasteiger partial charge is 0.463 e. The molecular weight excluding hydrogens is 192 g/mol. The second-order valence-corrected chi connectivity index (χ2v) is 3.60. The van der Waals surface area contributed by atoms with Crippen molar-refractivity contribution < 1.29 is 14.3 Å². The van der Waals surface area contributed by atoms with Crippen LogP contribution in [0.3, 0.4) is 0 Å². The molecule has 0 aliphatic carbocycles. The first-order chi connectivity index (χ1) is 7.27. The van der Waals surface area contributed by atoms with Gasteiger partial charge in [-0.15, -0.1) is 6.58 Å².